The number of ether oxygens (including phenoxy) is 2. The Hall–Kier alpha value is -2.05. The van der Waals surface area contributed by atoms with E-state index >= 15 is 0 Å². The van der Waals surface area contributed by atoms with Crippen LogP contribution in [0.5, 0.6) is 11.5 Å². The molecule has 1 aliphatic heterocycles. The van der Waals surface area contributed by atoms with Gasteiger partial charge in [0.15, 0.2) is 0 Å². The van der Waals surface area contributed by atoms with Gasteiger partial charge in [-0.15, -0.1) is 0 Å². The third kappa shape index (κ3) is 5.23. The number of piperazine rings is 1. The van der Waals surface area contributed by atoms with Gasteiger partial charge >= 0.3 is 0 Å². The van der Waals surface area contributed by atoms with Crippen molar-refractivity contribution in [2.24, 2.45) is 0 Å². The second-order valence-corrected chi connectivity index (χ2v) is 8.15. The monoisotopic (exact) mass is 388 g/mol. The first-order valence-corrected chi connectivity index (χ1v) is 10.7. The molecule has 5 nitrogen and oxygen atoms in total. The molecule has 0 aromatic heterocycles. The molecule has 0 amide bonds. The van der Waals surface area contributed by atoms with Crippen LogP contribution in [-0.2, 0) is 10.8 Å². The lowest BCUT2D eigenvalue weighted by molar-refractivity contribution is 0.258. The summed E-state index contributed by atoms with van der Waals surface area (Å²) < 4.78 is 23.0. The molecule has 27 heavy (non-hydrogen) atoms. The van der Waals surface area contributed by atoms with Gasteiger partial charge in [0.05, 0.1) is 30.7 Å². The highest BCUT2D eigenvalue weighted by Crippen LogP contribution is 2.28. The molecule has 2 aromatic carbocycles. The maximum atomic E-state index is 12.4. The van der Waals surface area contributed by atoms with Crippen LogP contribution >= 0.6 is 0 Å². The average molecular weight is 389 g/mol. The van der Waals surface area contributed by atoms with Crippen LogP contribution in [0.15, 0.2) is 53.4 Å². The van der Waals surface area contributed by atoms with E-state index in [1.807, 2.05) is 36.4 Å². The van der Waals surface area contributed by atoms with Gasteiger partial charge in [-0.2, -0.15) is 0 Å². The van der Waals surface area contributed by atoms with Crippen molar-refractivity contribution in [1.82, 2.24) is 4.90 Å². The minimum absolute atomic E-state index is 0.694. The molecule has 0 aliphatic carbocycles. The average Bonchev–Trinajstić information content (AvgIpc) is 2.74. The lowest BCUT2D eigenvalue weighted by Crippen LogP contribution is -2.46. The molecule has 3 rings (SSSR count). The van der Waals surface area contributed by atoms with Gasteiger partial charge in [-0.3, -0.25) is 9.11 Å². The van der Waals surface area contributed by atoms with Crippen LogP contribution in [0, 0.1) is 0 Å². The molecule has 1 heterocycles. The number of hydrogen-bond donors (Lipinski definition) is 0. The van der Waals surface area contributed by atoms with E-state index in [9.17, 15) is 4.21 Å². The summed E-state index contributed by atoms with van der Waals surface area (Å²) >= 11 is 0. The lowest BCUT2D eigenvalue weighted by Gasteiger charge is -2.36. The van der Waals surface area contributed by atoms with E-state index in [0.29, 0.717) is 5.75 Å². The topological polar surface area (TPSA) is 42.0 Å². The van der Waals surface area contributed by atoms with Crippen molar-refractivity contribution in [3.05, 3.63) is 48.5 Å². The summed E-state index contributed by atoms with van der Waals surface area (Å²) in [5, 5.41) is 0. The number of rotatable bonds is 8. The Morgan fingerprint density at radius 2 is 1.63 bits per heavy atom. The first-order valence-electron chi connectivity index (χ1n) is 9.34. The van der Waals surface area contributed by atoms with E-state index < -0.39 is 10.8 Å². The van der Waals surface area contributed by atoms with E-state index in [4.69, 9.17) is 9.47 Å². The molecular formula is C21H28N2O3S. The number of methoxy groups -OCH3 is 2. The SMILES string of the molecule is COc1ccc(S(=O)CCCN2CCN(c3ccccc3OC)CC2)cc1. The van der Waals surface area contributed by atoms with Crippen molar-refractivity contribution < 1.29 is 13.7 Å². The Labute approximate surface area is 164 Å². The van der Waals surface area contributed by atoms with Crippen LogP contribution in [0.2, 0.25) is 0 Å². The Morgan fingerprint density at radius 1 is 0.926 bits per heavy atom. The molecule has 0 bridgehead atoms. The zero-order valence-electron chi connectivity index (χ0n) is 16.1. The predicted molar refractivity (Wildman–Crippen MR) is 111 cm³/mol. The van der Waals surface area contributed by atoms with Gasteiger partial charge in [0, 0.05) is 36.8 Å². The first-order chi connectivity index (χ1) is 13.2. The van der Waals surface area contributed by atoms with Crippen molar-refractivity contribution in [1.29, 1.82) is 0 Å². The summed E-state index contributed by atoms with van der Waals surface area (Å²) in [7, 11) is 2.41. The van der Waals surface area contributed by atoms with Gasteiger partial charge in [-0.05, 0) is 49.4 Å². The fraction of sp³-hybridized carbons (Fsp3) is 0.429. The summed E-state index contributed by atoms with van der Waals surface area (Å²) in [6.07, 6.45) is 0.938. The number of benzene rings is 2. The highest BCUT2D eigenvalue weighted by atomic mass is 32.2. The van der Waals surface area contributed by atoms with Gasteiger partial charge in [0.25, 0.3) is 0 Å². The van der Waals surface area contributed by atoms with E-state index in [1.165, 1.54) is 5.69 Å². The minimum Gasteiger partial charge on any atom is -0.497 e. The van der Waals surface area contributed by atoms with Gasteiger partial charge in [0.2, 0.25) is 0 Å². The van der Waals surface area contributed by atoms with E-state index in [2.05, 4.69) is 21.9 Å². The highest BCUT2D eigenvalue weighted by Gasteiger charge is 2.19. The molecule has 146 valence electrons. The fourth-order valence-electron chi connectivity index (χ4n) is 3.37. The molecule has 0 N–H and O–H groups in total. The minimum atomic E-state index is -0.948. The van der Waals surface area contributed by atoms with Crippen molar-refractivity contribution in [3.63, 3.8) is 0 Å². The molecule has 1 fully saturated rings. The van der Waals surface area contributed by atoms with Crippen LogP contribution in [0.4, 0.5) is 5.69 Å². The molecule has 0 radical (unpaired) electrons. The summed E-state index contributed by atoms with van der Waals surface area (Å²) in [4.78, 5) is 5.71. The zero-order valence-corrected chi connectivity index (χ0v) is 16.9. The Morgan fingerprint density at radius 3 is 2.30 bits per heavy atom. The molecule has 6 heteroatoms. The number of hydrogen-bond acceptors (Lipinski definition) is 5. The van der Waals surface area contributed by atoms with Gasteiger partial charge in [-0.25, -0.2) is 0 Å². The summed E-state index contributed by atoms with van der Waals surface area (Å²) in [6.45, 7) is 5.01. The second kappa shape index (κ2) is 9.76. The van der Waals surface area contributed by atoms with Crippen molar-refractivity contribution in [3.8, 4) is 11.5 Å². The second-order valence-electron chi connectivity index (χ2n) is 6.58. The van der Waals surface area contributed by atoms with Crippen molar-refractivity contribution >= 4 is 16.5 Å². The molecule has 1 saturated heterocycles. The molecule has 1 unspecified atom stereocenters. The molecular weight excluding hydrogens is 360 g/mol. The Bertz CT molecular complexity index is 743. The van der Waals surface area contributed by atoms with Crippen LogP contribution in [0.25, 0.3) is 0 Å². The number of anilines is 1. The predicted octanol–water partition coefficient (Wildman–Crippen LogP) is 3.02. The molecule has 0 saturated carbocycles. The maximum absolute atomic E-state index is 12.4. The summed E-state index contributed by atoms with van der Waals surface area (Å²) in [6, 6.07) is 15.7. The molecule has 0 spiro atoms. The van der Waals surface area contributed by atoms with E-state index in [0.717, 1.165) is 55.5 Å². The molecule has 1 atom stereocenters. The smallest absolute Gasteiger partial charge is 0.142 e. The maximum Gasteiger partial charge on any atom is 0.142 e. The van der Waals surface area contributed by atoms with Gasteiger partial charge in [-0.1, -0.05) is 12.1 Å². The zero-order chi connectivity index (χ0) is 19.1. The van der Waals surface area contributed by atoms with Gasteiger partial charge < -0.3 is 14.4 Å². The highest BCUT2D eigenvalue weighted by molar-refractivity contribution is 7.85. The van der Waals surface area contributed by atoms with Crippen LogP contribution in [0.1, 0.15) is 6.42 Å². The Balaban J connectivity index is 1.42. The van der Waals surface area contributed by atoms with E-state index in [1.54, 1.807) is 14.2 Å². The first kappa shape index (κ1) is 19.7. The van der Waals surface area contributed by atoms with E-state index in [-0.39, 0.29) is 0 Å². The quantitative estimate of drug-likeness (QED) is 0.695. The third-order valence-electron chi connectivity index (χ3n) is 4.92. The normalized spacial score (nSPS) is 16.1. The third-order valence-corrected chi connectivity index (χ3v) is 6.38. The van der Waals surface area contributed by atoms with Crippen LogP contribution in [0.3, 0.4) is 0 Å². The van der Waals surface area contributed by atoms with Crippen LogP contribution in [-0.4, -0.2) is 61.8 Å². The summed E-state index contributed by atoms with van der Waals surface area (Å²) in [5.41, 5.74) is 1.17. The van der Waals surface area contributed by atoms with Crippen molar-refractivity contribution in [2.45, 2.75) is 11.3 Å². The number of nitrogens with zero attached hydrogens (tertiary/aromatic N) is 2. The van der Waals surface area contributed by atoms with Crippen LogP contribution < -0.4 is 14.4 Å². The Kier molecular flexibility index (Phi) is 7.12. The number of para-hydroxylation sites is 2. The molecule has 1 aliphatic rings. The van der Waals surface area contributed by atoms with Crippen molar-refractivity contribution in [2.75, 3.05) is 57.6 Å². The standard InChI is InChI=1S/C21H28N2O3S/c1-25-18-8-10-19(11-9-18)27(24)17-5-12-22-13-15-23(16-14-22)20-6-3-4-7-21(20)26-2/h3-4,6-11H,5,12-17H2,1-2H3. The van der Waals surface area contributed by atoms with Gasteiger partial charge in [0.1, 0.15) is 11.5 Å². The summed E-state index contributed by atoms with van der Waals surface area (Å²) in [5.74, 6) is 2.42. The largest absolute Gasteiger partial charge is 0.497 e. The fourth-order valence-corrected chi connectivity index (χ4v) is 4.43. The lowest BCUT2D eigenvalue weighted by atomic mass is 10.2. The molecule has 2 aromatic rings.